The number of likely N-dealkylation sites (tertiary alicyclic amines) is 1. The van der Waals surface area contributed by atoms with E-state index in [1.807, 2.05) is 48.2 Å². The number of benzene rings is 2. The lowest BCUT2D eigenvalue weighted by Crippen LogP contribution is -2.39. The molecule has 5 nitrogen and oxygen atoms in total. The first-order valence-corrected chi connectivity index (χ1v) is 10.8. The molecule has 0 radical (unpaired) electrons. The third-order valence-electron chi connectivity index (χ3n) is 6.39. The molecule has 2 aliphatic rings. The minimum atomic E-state index is -0.256. The number of anilines is 1. The van der Waals surface area contributed by atoms with Crippen LogP contribution in [0.1, 0.15) is 42.7 Å². The zero-order valence-electron chi connectivity index (χ0n) is 17.8. The Hall–Kier alpha value is -2.82. The average Bonchev–Trinajstić information content (AvgIpc) is 2.99. The number of hydrogen-bond acceptors (Lipinski definition) is 3. The summed E-state index contributed by atoms with van der Waals surface area (Å²) in [5, 5.41) is 0. The number of nitrogens with zero attached hydrogens (tertiary/aromatic N) is 2. The summed E-state index contributed by atoms with van der Waals surface area (Å²) >= 11 is 0. The first-order valence-electron chi connectivity index (χ1n) is 10.8. The molecule has 30 heavy (non-hydrogen) atoms. The Labute approximate surface area is 178 Å². The molecule has 2 heterocycles. The Kier molecular flexibility index (Phi) is 6.07. The van der Waals surface area contributed by atoms with Gasteiger partial charge >= 0.3 is 0 Å². The number of rotatable bonds is 4. The van der Waals surface area contributed by atoms with Gasteiger partial charge in [-0.2, -0.15) is 0 Å². The van der Waals surface area contributed by atoms with Crippen molar-refractivity contribution >= 4 is 17.5 Å². The molecular formula is C25H30N2O3. The summed E-state index contributed by atoms with van der Waals surface area (Å²) in [7, 11) is 1.67. The van der Waals surface area contributed by atoms with Gasteiger partial charge < -0.3 is 14.5 Å². The summed E-state index contributed by atoms with van der Waals surface area (Å²) in [4.78, 5) is 29.7. The molecule has 2 atom stereocenters. The Bertz CT molecular complexity index is 892. The van der Waals surface area contributed by atoms with Gasteiger partial charge in [-0.15, -0.1) is 0 Å². The predicted octanol–water partition coefficient (Wildman–Crippen LogP) is 4.15. The topological polar surface area (TPSA) is 49.9 Å². The molecule has 2 aromatic rings. The highest BCUT2D eigenvalue weighted by atomic mass is 16.5. The lowest BCUT2D eigenvalue weighted by Gasteiger charge is -2.27. The van der Waals surface area contributed by atoms with E-state index < -0.39 is 0 Å². The van der Waals surface area contributed by atoms with Gasteiger partial charge in [-0.05, 0) is 49.6 Å². The highest BCUT2D eigenvalue weighted by Crippen LogP contribution is 2.31. The highest BCUT2D eigenvalue weighted by molar-refractivity contribution is 6.00. The van der Waals surface area contributed by atoms with Crippen molar-refractivity contribution in [2.75, 3.05) is 31.6 Å². The van der Waals surface area contributed by atoms with Crippen molar-refractivity contribution in [2.24, 2.45) is 5.92 Å². The van der Waals surface area contributed by atoms with Crippen LogP contribution in [0.3, 0.4) is 0 Å². The van der Waals surface area contributed by atoms with Crippen LogP contribution in [-0.4, -0.2) is 43.5 Å². The summed E-state index contributed by atoms with van der Waals surface area (Å²) < 4.78 is 5.27. The molecule has 2 amide bonds. The van der Waals surface area contributed by atoms with Crippen molar-refractivity contribution in [2.45, 2.75) is 38.5 Å². The van der Waals surface area contributed by atoms with Crippen molar-refractivity contribution in [1.82, 2.24) is 4.90 Å². The third kappa shape index (κ3) is 4.35. The summed E-state index contributed by atoms with van der Waals surface area (Å²) in [6.07, 6.45) is 3.51. The first-order chi connectivity index (χ1) is 14.5. The van der Waals surface area contributed by atoms with E-state index in [-0.39, 0.29) is 17.7 Å². The van der Waals surface area contributed by atoms with Gasteiger partial charge in [0.05, 0.1) is 13.0 Å². The number of amides is 2. The van der Waals surface area contributed by atoms with Gasteiger partial charge in [-0.1, -0.05) is 36.2 Å². The van der Waals surface area contributed by atoms with E-state index in [0.29, 0.717) is 18.9 Å². The van der Waals surface area contributed by atoms with Gasteiger partial charge in [0, 0.05) is 37.7 Å². The number of carbonyl (C=O) groups excluding carboxylic acids is 2. The van der Waals surface area contributed by atoms with Crippen LogP contribution < -0.4 is 9.64 Å². The Balaban J connectivity index is 1.45. The van der Waals surface area contributed by atoms with E-state index in [1.165, 1.54) is 5.56 Å². The van der Waals surface area contributed by atoms with E-state index in [2.05, 4.69) is 12.1 Å². The van der Waals surface area contributed by atoms with Gasteiger partial charge in [0.1, 0.15) is 5.75 Å². The second-order valence-corrected chi connectivity index (χ2v) is 8.49. The molecule has 2 aromatic carbocycles. The fraction of sp³-hybridized carbons (Fsp3) is 0.440. The number of ether oxygens (including phenoxy) is 1. The molecule has 4 rings (SSSR count). The zero-order valence-corrected chi connectivity index (χ0v) is 17.8. The lowest BCUT2D eigenvalue weighted by molar-refractivity contribution is -0.135. The molecular weight excluding hydrogens is 376 g/mol. The Morgan fingerprint density at radius 3 is 2.43 bits per heavy atom. The standard InChI is InChI=1S/C25H30N2O3/c1-18-6-10-22(11-7-18)27-17-21(15-24(27)28)25(29)26-14-4-3-5-20(16-26)19-8-12-23(30-2)13-9-19/h6-13,20-21H,3-5,14-17H2,1-2H3. The van der Waals surface area contributed by atoms with Crippen molar-refractivity contribution in [3.8, 4) is 5.75 Å². The molecule has 0 N–H and O–H groups in total. The fourth-order valence-electron chi connectivity index (χ4n) is 4.60. The number of methoxy groups -OCH3 is 1. The van der Waals surface area contributed by atoms with E-state index in [0.717, 1.165) is 49.4 Å². The summed E-state index contributed by atoms with van der Waals surface area (Å²) in [6.45, 7) is 4.01. The van der Waals surface area contributed by atoms with Gasteiger partial charge in [0.25, 0.3) is 0 Å². The van der Waals surface area contributed by atoms with E-state index in [4.69, 9.17) is 4.74 Å². The quantitative estimate of drug-likeness (QED) is 0.766. The number of aryl methyl sites for hydroxylation is 1. The molecule has 2 aliphatic heterocycles. The normalized spacial score (nSPS) is 22.1. The van der Waals surface area contributed by atoms with E-state index in [1.54, 1.807) is 12.0 Å². The van der Waals surface area contributed by atoms with Crippen molar-refractivity contribution in [3.63, 3.8) is 0 Å². The second kappa shape index (κ2) is 8.90. The summed E-state index contributed by atoms with van der Waals surface area (Å²) in [5.74, 6) is 1.08. The molecule has 158 valence electrons. The maximum Gasteiger partial charge on any atom is 0.228 e. The molecule has 0 saturated carbocycles. The SMILES string of the molecule is COc1ccc(C2CCCCN(C(=O)C3CC(=O)N(c4ccc(C)cc4)C3)C2)cc1. The minimum Gasteiger partial charge on any atom is -0.497 e. The Morgan fingerprint density at radius 1 is 1.00 bits per heavy atom. The maximum atomic E-state index is 13.3. The van der Waals surface area contributed by atoms with Crippen molar-refractivity contribution in [3.05, 3.63) is 59.7 Å². The van der Waals surface area contributed by atoms with Crippen LogP contribution in [0.2, 0.25) is 0 Å². The second-order valence-electron chi connectivity index (χ2n) is 8.49. The van der Waals surface area contributed by atoms with Crippen LogP contribution in [0.4, 0.5) is 5.69 Å². The van der Waals surface area contributed by atoms with E-state index in [9.17, 15) is 9.59 Å². The molecule has 2 unspecified atom stereocenters. The lowest BCUT2D eigenvalue weighted by atomic mass is 9.94. The first kappa shape index (κ1) is 20.5. The third-order valence-corrected chi connectivity index (χ3v) is 6.39. The highest BCUT2D eigenvalue weighted by Gasteiger charge is 2.38. The van der Waals surface area contributed by atoms with E-state index >= 15 is 0 Å². The summed E-state index contributed by atoms with van der Waals surface area (Å²) in [6, 6.07) is 16.1. The van der Waals surface area contributed by atoms with Crippen LogP contribution >= 0.6 is 0 Å². The summed E-state index contributed by atoms with van der Waals surface area (Å²) in [5.41, 5.74) is 3.29. The monoisotopic (exact) mass is 406 g/mol. The van der Waals surface area contributed by atoms with Gasteiger partial charge in [0.15, 0.2) is 0 Å². The van der Waals surface area contributed by atoms with Crippen molar-refractivity contribution < 1.29 is 14.3 Å². The molecule has 2 fully saturated rings. The van der Waals surface area contributed by atoms with Crippen molar-refractivity contribution in [1.29, 1.82) is 0 Å². The van der Waals surface area contributed by atoms with Crippen LogP contribution in [0.5, 0.6) is 5.75 Å². The smallest absolute Gasteiger partial charge is 0.228 e. The van der Waals surface area contributed by atoms with Crippen LogP contribution in [-0.2, 0) is 9.59 Å². The van der Waals surface area contributed by atoms with Crippen LogP contribution in [0.15, 0.2) is 48.5 Å². The zero-order chi connectivity index (χ0) is 21.1. The Morgan fingerprint density at radius 2 is 1.73 bits per heavy atom. The molecule has 0 bridgehead atoms. The molecule has 2 saturated heterocycles. The molecule has 0 aromatic heterocycles. The number of hydrogen-bond donors (Lipinski definition) is 0. The molecule has 5 heteroatoms. The van der Waals surface area contributed by atoms with Gasteiger partial charge in [-0.3, -0.25) is 9.59 Å². The average molecular weight is 407 g/mol. The molecule has 0 spiro atoms. The minimum absolute atomic E-state index is 0.0405. The molecule has 0 aliphatic carbocycles. The fourth-order valence-corrected chi connectivity index (χ4v) is 4.60. The number of carbonyl (C=O) groups is 2. The maximum absolute atomic E-state index is 13.3. The predicted molar refractivity (Wildman–Crippen MR) is 118 cm³/mol. The van der Waals surface area contributed by atoms with Gasteiger partial charge in [0.2, 0.25) is 11.8 Å². The van der Waals surface area contributed by atoms with Crippen LogP contribution in [0, 0.1) is 12.8 Å². The largest absolute Gasteiger partial charge is 0.497 e. The van der Waals surface area contributed by atoms with Gasteiger partial charge in [-0.25, -0.2) is 0 Å². The van der Waals surface area contributed by atoms with Crippen LogP contribution in [0.25, 0.3) is 0 Å².